The van der Waals surface area contributed by atoms with Crippen molar-refractivity contribution >= 4 is 22.6 Å². The highest BCUT2D eigenvalue weighted by Gasteiger charge is 2.32. The molecule has 0 saturated carbocycles. The Morgan fingerprint density at radius 2 is 1.85 bits per heavy atom. The highest BCUT2D eigenvalue weighted by Crippen LogP contribution is 2.44. The van der Waals surface area contributed by atoms with Crippen molar-refractivity contribution in [3.8, 4) is 17.9 Å². The molecular formula is C28H27N3OS. The smallest absolute Gasteiger partial charge is 0.134 e. The molecule has 0 spiro atoms. The van der Waals surface area contributed by atoms with E-state index in [0.29, 0.717) is 23.8 Å². The number of thiophene rings is 1. The van der Waals surface area contributed by atoms with Gasteiger partial charge in [0.2, 0.25) is 0 Å². The first-order chi connectivity index (χ1) is 15.9. The quantitative estimate of drug-likeness (QED) is 0.392. The van der Waals surface area contributed by atoms with Gasteiger partial charge < -0.3 is 4.74 Å². The molecule has 0 saturated heterocycles. The summed E-state index contributed by atoms with van der Waals surface area (Å²) < 4.78 is 6.04. The van der Waals surface area contributed by atoms with Crippen molar-refractivity contribution in [1.29, 1.82) is 10.5 Å². The van der Waals surface area contributed by atoms with Crippen LogP contribution in [0.3, 0.4) is 0 Å². The summed E-state index contributed by atoms with van der Waals surface area (Å²) in [5.41, 5.74) is 4.47. The van der Waals surface area contributed by atoms with E-state index in [9.17, 15) is 10.5 Å². The number of aliphatic imine (C=N–C) groups is 1. The van der Waals surface area contributed by atoms with Crippen LogP contribution in [0.5, 0.6) is 5.75 Å². The summed E-state index contributed by atoms with van der Waals surface area (Å²) in [5.74, 6) is 1.32. The van der Waals surface area contributed by atoms with Gasteiger partial charge in [0.1, 0.15) is 23.4 Å². The number of para-hydroxylation sites is 1. The molecule has 0 N–H and O–H groups in total. The largest absolute Gasteiger partial charge is 0.488 e. The normalized spacial score (nSPS) is 15.6. The summed E-state index contributed by atoms with van der Waals surface area (Å²) in [5, 5.41) is 19.9. The number of nitrogens with zero attached hydrogens (tertiary/aromatic N) is 3. The Labute approximate surface area is 199 Å². The molecule has 1 heterocycles. The third-order valence-corrected chi connectivity index (χ3v) is 7.51. The minimum atomic E-state index is 0.262. The fourth-order valence-corrected chi connectivity index (χ4v) is 5.50. The number of hydrogen-bond donors (Lipinski definition) is 0. The number of hydrogen-bond acceptors (Lipinski definition) is 5. The van der Waals surface area contributed by atoms with Crippen molar-refractivity contribution in [2.24, 2.45) is 16.3 Å². The molecule has 1 aliphatic rings. The summed E-state index contributed by atoms with van der Waals surface area (Å²) in [4.78, 5) is 6.04. The Morgan fingerprint density at radius 3 is 2.61 bits per heavy atom. The molecule has 3 aromatic rings. The minimum Gasteiger partial charge on any atom is -0.488 e. The summed E-state index contributed by atoms with van der Waals surface area (Å²) >= 11 is 1.65. The third kappa shape index (κ3) is 5.00. The average Bonchev–Trinajstić information content (AvgIpc) is 3.18. The molecule has 0 radical (unpaired) electrons. The van der Waals surface area contributed by atoms with Crippen molar-refractivity contribution in [3.63, 3.8) is 0 Å². The first kappa shape index (κ1) is 22.8. The van der Waals surface area contributed by atoms with Crippen LogP contribution in [-0.2, 0) is 19.4 Å². The van der Waals surface area contributed by atoms with Crippen molar-refractivity contribution in [2.75, 3.05) is 0 Å². The first-order valence-corrected chi connectivity index (χ1v) is 12.0. The highest BCUT2D eigenvalue weighted by atomic mass is 32.1. The monoisotopic (exact) mass is 453 g/mol. The first-order valence-electron chi connectivity index (χ1n) is 11.2. The van der Waals surface area contributed by atoms with Crippen LogP contribution in [0.2, 0.25) is 0 Å². The van der Waals surface area contributed by atoms with E-state index in [1.54, 1.807) is 23.6 Å². The molecular weight excluding hydrogens is 426 g/mol. The van der Waals surface area contributed by atoms with E-state index in [1.807, 2.05) is 42.5 Å². The van der Waals surface area contributed by atoms with Crippen LogP contribution < -0.4 is 4.74 Å². The van der Waals surface area contributed by atoms with Gasteiger partial charge in [-0.1, -0.05) is 51.1 Å². The highest BCUT2D eigenvalue weighted by molar-refractivity contribution is 7.16. The molecule has 2 aromatic carbocycles. The van der Waals surface area contributed by atoms with E-state index < -0.39 is 0 Å². The molecule has 0 bridgehead atoms. The lowest BCUT2D eigenvalue weighted by Gasteiger charge is -2.33. The molecule has 0 amide bonds. The Kier molecular flexibility index (Phi) is 6.63. The van der Waals surface area contributed by atoms with E-state index >= 15 is 0 Å². The molecule has 0 fully saturated rings. The molecule has 1 aliphatic carbocycles. The summed E-state index contributed by atoms with van der Waals surface area (Å²) in [6.45, 7) is 7.20. The topological polar surface area (TPSA) is 69.2 Å². The molecule has 0 aliphatic heterocycles. The van der Waals surface area contributed by atoms with Crippen LogP contribution in [0, 0.1) is 34.0 Å². The second-order valence-electron chi connectivity index (χ2n) is 9.46. The fourth-order valence-electron chi connectivity index (χ4n) is 4.27. The number of benzene rings is 2. The zero-order chi connectivity index (χ0) is 23.4. The molecule has 33 heavy (non-hydrogen) atoms. The van der Waals surface area contributed by atoms with Gasteiger partial charge >= 0.3 is 0 Å². The number of fused-ring (bicyclic) bond motifs is 1. The van der Waals surface area contributed by atoms with Gasteiger partial charge in [0.05, 0.1) is 17.2 Å². The van der Waals surface area contributed by atoms with Gasteiger partial charge in [0.25, 0.3) is 0 Å². The summed E-state index contributed by atoms with van der Waals surface area (Å²) in [7, 11) is 0. The van der Waals surface area contributed by atoms with Gasteiger partial charge in [-0.25, -0.2) is 4.99 Å². The summed E-state index contributed by atoms with van der Waals surface area (Å²) in [6.07, 6.45) is 4.87. The molecule has 1 aromatic heterocycles. The maximum atomic E-state index is 9.83. The predicted molar refractivity (Wildman–Crippen MR) is 133 cm³/mol. The zero-order valence-corrected chi connectivity index (χ0v) is 20.1. The molecule has 166 valence electrons. The average molecular weight is 454 g/mol. The van der Waals surface area contributed by atoms with Gasteiger partial charge in [0, 0.05) is 22.2 Å². The SMILES string of the molecule is CC(C)(C)[C@@H]1CCc2c(sc(N=Cc3ccccc3OCc3ccccc3C#N)c2C#N)C1. The van der Waals surface area contributed by atoms with Crippen LogP contribution in [0.15, 0.2) is 53.5 Å². The lowest BCUT2D eigenvalue weighted by molar-refractivity contribution is 0.218. The Bertz CT molecular complexity index is 1270. The van der Waals surface area contributed by atoms with Crippen molar-refractivity contribution in [3.05, 3.63) is 81.2 Å². The third-order valence-electron chi connectivity index (χ3n) is 6.34. The van der Waals surface area contributed by atoms with Gasteiger partial charge in [-0.15, -0.1) is 11.3 Å². The molecule has 4 rings (SSSR count). The van der Waals surface area contributed by atoms with E-state index in [2.05, 4.69) is 32.9 Å². The standard InChI is InChI=1S/C28H27N3OS/c1-28(2,3)22-12-13-23-24(16-30)27(33-26(23)14-22)31-17-20-9-6-7-11-25(20)32-18-21-10-5-4-8-19(21)15-29/h4-11,17,22H,12-14,18H2,1-3H3/t22-/m1/s1. The van der Waals surface area contributed by atoms with E-state index in [1.165, 1.54) is 10.4 Å². The Morgan fingerprint density at radius 1 is 1.09 bits per heavy atom. The molecule has 5 heteroatoms. The maximum Gasteiger partial charge on any atom is 0.134 e. The van der Waals surface area contributed by atoms with Gasteiger partial charge in [-0.2, -0.15) is 10.5 Å². The van der Waals surface area contributed by atoms with Gasteiger partial charge in [-0.05, 0) is 54.4 Å². The Balaban J connectivity index is 1.57. The van der Waals surface area contributed by atoms with E-state index in [-0.39, 0.29) is 5.41 Å². The van der Waals surface area contributed by atoms with Crippen LogP contribution in [0.25, 0.3) is 0 Å². The second-order valence-corrected chi connectivity index (χ2v) is 10.5. The molecule has 0 unspecified atom stereocenters. The maximum absolute atomic E-state index is 9.83. The van der Waals surface area contributed by atoms with Crippen molar-refractivity contribution in [2.45, 2.75) is 46.6 Å². The lowest BCUT2D eigenvalue weighted by atomic mass is 9.72. The molecule has 1 atom stereocenters. The van der Waals surface area contributed by atoms with Crippen LogP contribution in [-0.4, -0.2) is 6.21 Å². The van der Waals surface area contributed by atoms with Crippen LogP contribution >= 0.6 is 11.3 Å². The Hall–Kier alpha value is -3.41. The lowest BCUT2D eigenvalue weighted by Crippen LogP contribution is -2.26. The number of ether oxygens (including phenoxy) is 1. The van der Waals surface area contributed by atoms with Crippen molar-refractivity contribution < 1.29 is 4.74 Å². The summed E-state index contributed by atoms with van der Waals surface area (Å²) in [6, 6.07) is 19.7. The van der Waals surface area contributed by atoms with Crippen LogP contribution in [0.1, 0.15) is 59.9 Å². The van der Waals surface area contributed by atoms with Gasteiger partial charge in [-0.3, -0.25) is 0 Å². The molecule has 4 nitrogen and oxygen atoms in total. The predicted octanol–water partition coefficient (Wildman–Crippen LogP) is 6.97. The zero-order valence-electron chi connectivity index (χ0n) is 19.3. The minimum absolute atomic E-state index is 0.262. The number of rotatable bonds is 5. The van der Waals surface area contributed by atoms with Gasteiger partial charge in [0.15, 0.2) is 0 Å². The van der Waals surface area contributed by atoms with E-state index in [0.717, 1.165) is 41.0 Å². The second kappa shape index (κ2) is 9.61. The van der Waals surface area contributed by atoms with Crippen molar-refractivity contribution in [1.82, 2.24) is 0 Å². The van der Waals surface area contributed by atoms with Crippen LogP contribution in [0.4, 0.5) is 5.00 Å². The number of nitriles is 2. The van der Waals surface area contributed by atoms with E-state index in [4.69, 9.17) is 9.73 Å². The fraction of sp³-hybridized carbons (Fsp3) is 0.321.